The Balaban J connectivity index is 1.11. The SMILES string of the molecule is [2H]c1c([2H])c2c(c([2H])c1-c1cccc(-c3c([2H])c(C(C)(C)C)c([2H])c(C([2H])([2H])C([2H])(C)C)c3[2H])c1N1CN(c3cccc(Oc4ccc5c6c([2H])c([2H])c([2H])c([2H])c6n(-c6cc(C([2H])([2H])C(C)C)ccn6)c5c4)c3)c3ccccc31)C(C)(C)CCC2(C)C. The van der Waals surface area contributed by atoms with E-state index >= 15 is 0 Å². The van der Waals surface area contributed by atoms with E-state index in [1.165, 1.54) is 20.0 Å². The van der Waals surface area contributed by atoms with Crippen LogP contribution in [0.15, 0.2) is 164 Å². The Morgan fingerprint density at radius 2 is 1.37 bits per heavy atom. The number of aromatic nitrogens is 2. The summed E-state index contributed by atoms with van der Waals surface area (Å²) in [4.78, 5) is 8.71. The highest BCUT2D eigenvalue weighted by Gasteiger charge is 2.38. The fourth-order valence-corrected chi connectivity index (χ4v) is 10.4. The van der Waals surface area contributed by atoms with Crippen molar-refractivity contribution in [3.63, 3.8) is 0 Å². The van der Waals surface area contributed by atoms with Crippen molar-refractivity contribution in [2.45, 2.75) is 118 Å². The number of anilines is 4. The summed E-state index contributed by atoms with van der Waals surface area (Å²) in [7, 11) is 0. The quantitative estimate of drug-likeness (QED) is 0.129. The maximum Gasteiger partial charge on any atom is 0.137 e. The van der Waals surface area contributed by atoms with Gasteiger partial charge in [0.15, 0.2) is 0 Å². The van der Waals surface area contributed by atoms with Crippen molar-refractivity contribution in [3.05, 3.63) is 192 Å². The molecule has 5 nitrogen and oxygen atoms in total. The van der Waals surface area contributed by atoms with Gasteiger partial charge in [-0.2, -0.15) is 0 Å². The molecule has 9 aromatic rings. The van der Waals surface area contributed by atoms with Crippen molar-refractivity contribution in [2.75, 3.05) is 16.5 Å². The molecule has 0 radical (unpaired) electrons. The number of hydrogen-bond acceptors (Lipinski definition) is 4. The van der Waals surface area contributed by atoms with Crippen molar-refractivity contribution in [3.8, 4) is 39.6 Å². The van der Waals surface area contributed by atoms with Crippen LogP contribution in [0.3, 0.4) is 0 Å². The van der Waals surface area contributed by atoms with Gasteiger partial charge in [0.25, 0.3) is 0 Å². The molecule has 0 amide bonds. The molecule has 0 unspecified atom stereocenters. The topological polar surface area (TPSA) is 33.5 Å². The number of nitrogens with zero attached hydrogens (tertiary/aromatic N) is 4. The molecule has 0 saturated carbocycles. The molecule has 370 valence electrons. The van der Waals surface area contributed by atoms with Crippen LogP contribution in [-0.2, 0) is 29.0 Å². The molecular formula is C68H72N4O. The maximum atomic E-state index is 10.3. The lowest BCUT2D eigenvalue weighted by Gasteiger charge is -2.42. The van der Waals surface area contributed by atoms with Crippen LogP contribution in [-0.4, -0.2) is 16.2 Å². The number of fused-ring (bicyclic) bond motifs is 5. The summed E-state index contributed by atoms with van der Waals surface area (Å²) in [5, 5.41) is 0.773. The molecule has 0 fully saturated rings. The summed E-state index contributed by atoms with van der Waals surface area (Å²) < 4.78 is 149. The second-order valence-electron chi connectivity index (χ2n) is 22.4. The highest BCUT2D eigenvalue weighted by atomic mass is 16.5. The lowest BCUT2D eigenvalue weighted by atomic mass is 9.63. The van der Waals surface area contributed by atoms with E-state index in [1.807, 2.05) is 68.1 Å². The number of rotatable bonds is 11. The van der Waals surface area contributed by atoms with Crippen molar-refractivity contribution >= 4 is 44.6 Å². The van der Waals surface area contributed by atoms with Gasteiger partial charge in [-0.05, 0) is 147 Å². The highest BCUT2D eigenvalue weighted by molar-refractivity contribution is 6.09. The molecule has 2 aliphatic rings. The van der Waals surface area contributed by atoms with E-state index in [0.717, 1.165) is 18.5 Å². The maximum absolute atomic E-state index is 10.3. The van der Waals surface area contributed by atoms with Crippen LogP contribution in [0.4, 0.5) is 22.7 Å². The van der Waals surface area contributed by atoms with Crippen LogP contribution in [0.25, 0.3) is 49.9 Å². The number of benzene rings is 7. The minimum absolute atomic E-state index is 0.0169. The summed E-state index contributed by atoms with van der Waals surface area (Å²) >= 11 is 0. The zero-order valence-electron chi connectivity index (χ0n) is 58.7. The van der Waals surface area contributed by atoms with Gasteiger partial charge in [-0.1, -0.05) is 167 Å². The minimum atomic E-state index is -2.56. The molecular weight excluding hydrogens is 889 g/mol. The molecule has 5 heteroatoms. The van der Waals surface area contributed by atoms with E-state index in [0.29, 0.717) is 67.3 Å². The lowest BCUT2D eigenvalue weighted by Crippen LogP contribution is -2.33. The van der Waals surface area contributed by atoms with Gasteiger partial charge in [0.2, 0.25) is 0 Å². The molecule has 11 rings (SSSR count). The van der Waals surface area contributed by atoms with Crippen LogP contribution in [0, 0.1) is 11.8 Å². The van der Waals surface area contributed by atoms with Gasteiger partial charge >= 0.3 is 0 Å². The smallest absolute Gasteiger partial charge is 0.137 e. The Morgan fingerprint density at radius 3 is 2.12 bits per heavy atom. The molecule has 1 aliphatic heterocycles. The van der Waals surface area contributed by atoms with Crippen LogP contribution in [0.1, 0.15) is 137 Å². The monoisotopic (exact) mass is 976 g/mol. The third kappa shape index (κ3) is 9.11. The average Bonchev–Trinajstić information content (AvgIpc) is 1.04. The zero-order chi connectivity index (χ0) is 64.2. The Bertz CT molecular complexity index is 4380. The van der Waals surface area contributed by atoms with Crippen LogP contribution >= 0.6 is 0 Å². The summed E-state index contributed by atoms with van der Waals surface area (Å²) in [6.45, 7) is 20.2. The van der Waals surface area contributed by atoms with Gasteiger partial charge in [0.1, 0.15) is 24.0 Å². The van der Waals surface area contributed by atoms with E-state index < -0.39 is 58.9 Å². The summed E-state index contributed by atoms with van der Waals surface area (Å²) in [6.07, 6.45) is -1.32. The van der Waals surface area contributed by atoms with E-state index in [4.69, 9.17) is 14.3 Å². The predicted octanol–water partition coefficient (Wildman–Crippen LogP) is 18.6. The molecule has 0 spiro atoms. The predicted molar refractivity (Wildman–Crippen MR) is 309 cm³/mol. The highest BCUT2D eigenvalue weighted by Crippen LogP contribution is 2.53. The van der Waals surface area contributed by atoms with Gasteiger partial charge in [-0.25, -0.2) is 4.98 Å². The van der Waals surface area contributed by atoms with Crippen molar-refractivity contribution in [1.82, 2.24) is 9.55 Å². The number of para-hydroxylation sites is 4. The fraction of sp³-hybridized carbons (Fsp3) is 0.309. The first-order valence-corrected chi connectivity index (χ1v) is 25.3. The number of pyridine rings is 1. The normalized spacial score (nSPS) is 18.6. The van der Waals surface area contributed by atoms with Gasteiger partial charge in [0.05, 0.1) is 41.8 Å². The van der Waals surface area contributed by atoms with E-state index in [2.05, 4.69) is 37.6 Å². The average molecular weight is 976 g/mol. The van der Waals surface area contributed by atoms with Crippen LogP contribution in [0.2, 0.25) is 0 Å². The fourth-order valence-electron chi connectivity index (χ4n) is 10.4. The molecule has 0 saturated heterocycles. The van der Waals surface area contributed by atoms with Crippen molar-refractivity contribution in [1.29, 1.82) is 0 Å². The second-order valence-corrected chi connectivity index (χ2v) is 22.4. The van der Waals surface area contributed by atoms with Crippen molar-refractivity contribution in [2.24, 2.45) is 11.8 Å². The van der Waals surface area contributed by atoms with Crippen molar-refractivity contribution < 1.29 is 25.3 Å². The molecule has 2 aromatic heterocycles. The van der Waals surface area contributed by atoms with Crippen LogP contribution in [0.5, 0.6) is 11.5 Å². The molecule has 0 bridgehead atoms. The van der Waals surface area contributed by atoms with E-state index in [9.17, 15) is 11.0 Å². The van der Waals surface area contributed by atoms with E-state index in [1.54, 1.807) is 73.0 Å². The Labute approximate surface area is 455 Å². The standard InChI is InChI=1S/C68H72N4O/c1-44(2)34-46-30-33-69-64(38-46)72-60-23-13-12-20-56(60)57-28-27-53(42-63(57)72)73-52-19-16-18-51(41-52)70-43-71(62-25-15-14-24-61(62)70)65-54(48-26-29-58-59(40-48)68(10,11)32-31-67(58,8)9)21-17-22-55(65)49-36-47(35-45(3)4)37-50(39-49)66(5,6)7/h12-30,33,36-42,44-45H,31-32,34-35,43H2,1-11H3/i12D,13D,20D,23D,26D,29D,34D2,35D2,36D,37D,39D,40D,45D. The van der Waals surface area contributed by atoms with Gasteiger partial charge in [0, 0.05) is 52.8 Å². The number of ether oxygens (including phenoxy) is 1. The second kappa shape index (κ2) is 18.4. The Hall–Kier alpha value is -7.11. The third-order valence-corrected chi connectivity index (χ3v) is 14.2. The molecule has 3 heterocycles. The summed E-state index contributed by atoms with van der Waals surface area (Å²) in [5.41, 5.74) is 3.60. The largest absolute Gasteiger partial charge is 0.457 e. The molecule has 73 heavy (non-hydrogen) atoms. The lowest BCUT2D eigenvalue weighted by molar-refractivity contribution is 0.332. The third-order valence-electron chi connectivity index (χ3n) is 14.2. The zero-order valence-corrected chi connectivity index (χ0v) is 43.7. The first-order chi connectivity index (χ1) is 40.9. The minimum Gasteiger partial charge on any atom is -0.457 e. The first-order valence-electron chi connectivity index (χ1n) is 32.8. The van der Waals surface area contributed by atoms with Gasteiger partial charge < -0.3 is 14.5 Å². The number of hydrogen-bond donors (Lipinski definition) is 0. The molecule has 0 N–H and O–H groups in total. The molecule has 1 aliphatic carbocycles. The first kappa shape index (κ1) is 33.6. The summed E-state index contributed by atoms with van der Waals surface area (Å²) in [5.74, 6) is -1.21. The molecule has 0 atom stereocenters. The van der Waals surface area contributed by atoms with Gasteiger partial charge in [-0.15, -0.1) is 0 Å². The van der Waals surface area contributed by atoms with Crippen LogP contribution < -0.4 is 14.5 Å². The molecule has 7 aromatic carbocycles. The van der Waals surface area contributed by atoms with Gasteiger partial charge in [-0.3, -0.25) is 4.57 Å². The van der Waals surface area contributed by atoms with E-state index in [-0.39, 0.29) is 87.9 Å². The Morgan fingerprint density at radius 1 is 0.658 bits per heavy atom. The Kier molecular flexibility index (Phi) is 8.48. The summed E-state index contributed by atoms with van der Waals surface area (Å²) in [6, 6.07) is 26.6.